The van der Waals surface area contributed by atoms with Gasteiger partial charge in [0.25, 0.3) is 0 Å². The summed E-state index contributed by atoms with van der Waals surface area (Å²) in [4.78, 5) is 4.12. The SMILES string of the molecule is C=Cc1cnc(Cl)c2c1CCC2. The highest BCUT2D eigenvalue weighted by molar-refractivity contribution is 6.30. The molecule has 62 valence electrons. The molecule has 0 spiro atoms. The molecule has 0 saturated carbocycles. The first kappa shape index (κ1) is 7.81. The summed E-state index contributed by atoms with van der Waals surface area (Å²) < 4.78 is 0. The maximum atomic E-state index is 5.95. The molecule has 0 N–H and O–H groups in total. The van der Waals surface area contributed by atoms with Gasteiger partial charge in [-0.3, -0.25) is 0 Å². The molecule has 0 radical (unpaired) electrons. The second-order valence-electron chi connectivity index (χ2n) is 3.02. The van der Waals surface area contributed by atoms with E-state index in [1.807, 2.05) is 6.08 Å². The lowest BCUT2D eigenvalue weighted by Crippen LogP contribution is -1.91. The Morgan fingerprint density at radius 2 is 2.17 bits per heavy atom. The minimum Gasteiger partial charge on any atom is -0.244 e. The molecule has 0 amide bonds. The third kappa shape index (κ3) is 1.05. The van der Waals surface area contributed by atoms with E-state index in [2.05, 4.69) is 11.6 Å². The average molecular weight is 180 g/mol. The minimum absolute atomic E-state index is 0.674. The van der Waals surface area contributed by atoms with Crippen LogP contribution in [0.5, 0.6) is 0 Å². The van der Waals surface area contributed by atoms with Crippen molar-refractivity contribution < 1.29 is 0 Å². The van der Waals surface area contributed by atoms with Crippen molar-refractivity contribution in [1.82, 2.24) is 4.98 Å². The molecule has 0 atom stereocenters. The van der Waals surface area contributed by atoms with Gasteiger partial charge in [-0.15, -0.1) is 0 Å². The average Bonchev–Trinajstić information content (AvgIpc) is 2.54. The molecule has 0 aromatic carbocycles. The van der Waals surface area contributed by atoms with Gasteiger partial charge in [-0.25, -0.2) is 4.98 Å². The number of hydrogen-bond donors (Lipinski definition) is 0. The van der Waals surface area contributed by atoms with Crippen LogP contribution in [0.3, 0.4) is 0 Å². The highest BCUT2D eigenvalue weighted by atomic mass is 35.5. The highest BCUT2D eigenvalue weighted by Gasteiger charge is 2.16. The van der Waals surface area contributed by atoms with Crippen molar-refractivity contribution in [2.75, 3.05) is 0 Å². The molecule has 2 rings (SSSR count). The standard InChI is InChI=1S/C10H10ClN/c1-2-7-6-12-10(11)9-5-3-4-8(7)9/h2,6H,1,3-5H2. The van der Waals surface area contributed by atoms with E-state index in [1.54, 1.807) is 6.20 Å². The molecule has 1 aliphatic carbocycles. The number of nitrogens with zero attached hydrogens (tertiary/aromatic N) is 1. The lowest BCUT2D eigenvalue weighted by Gasteiger charge is -2.04. The maximum absolute atomic E-state index is 5.95. The smallest absolute Gasteiger partial charge is 0.132 e. The van der Waals surface area contributed by atoms with E-state index in [0.29, 0.717) is 5.15 Å². The minimum atomic E-state index is 0.674. The van der Waals surface area contributed by atoms with Crippen LogP contribution in [0.2, 0.25) is 5.15 Å². The van der Waals surface area contributed by atoms with Crippen LogP contribution in [0, 0.1) is 0 Å². The zero-order chi connectivity index (χ0) is 8.55. The lowest BCUT2D eigenvalue weighted by molar-refractivity contribution is 0.910. The zero-order valence-electron chi connectivity index (χ0n) is 6.81. The van der Waals surface area contributed by atoms with Crippen LogP contribution in [0.1, 0.15) is 23.1 Å². The van der Waals surface area contributed by atoms with Gasteiger partial charge >= 0.3 is 0 Å². The highest BCUT2D eigenvalue weighted by Crippen LogP contribution is 2.29. The van der Waals surface area contributed by atoms with Gasteiger partial charge in [0.15, 0.2) is 0 Å². The van der Waals surface area contributed by atoms with E-state index in [1.165, 1.54) is 17.5 Å². The molecule has 1 aromatic heterocycles. The van der Waals surface area contributed by atoms with Gasteiger partial charge in [0, 0.05) is 6.20 Å². The Morgan fingerprint density at radius 3 is 2.92 bits per heavy atom. The van der Waals surface area contributed by atoms with Gasteiger partial charge in [-0.05, 0) is 36.0 Å². The van der Waals surface area contributed by atoms with Gasteiger partial charge < -0.3 is 0 Å². The fourth-order valence-corrected chi connectivity index (χ4v) is 2.01. The van der Waals surface area contributed by atoms with Crippen LogP contribution in [-0.2, 0) is 12.8 Å². The Balaban J connectivity index is 2.64. The molecule has 1 nitrogen and oxygen atoms in total. The summed E-state index contributed by atoms with van der Waals surface area (Å²) in [5, 5.41) is 0.674. The Hall–Kier alpha value is -0.820. The first-order chi connectivity index (χ1) is 5.83. The normalized spacial score (nSPS) is 14.4. The van der Waals surface area contributed by atoms with Crippen molar-refractivity contribution >= 4 is 17.7 Å². The number of rotatable bonds is 1. The Morgan fingerprint density at radius 1 is 1.42 bits per heavy atom. The summed E-state index contributed by atoms with van der Waals surface area (Å²) in [6, 6.07) is 0. The fourth-order valence-electron chi connectivity index (χ4n) is 1.75. The molecule has 0 fully saturated rings. The van der Waals surface area contributed by atoms with Crippen LogP contribution in [-0.4, -0.2) is 4.98 Å². The van der Waals surface area contributed by atoms with Crippen molar-refractivity contribution in [2.24, 2.45) is 0 Å². The van der Waals surface area contributed by atoms with Crippen LogP contribution >= 0.6 is 11.6 Å². The molecular formula is C10H10ClN. The number of hydrogen-bond acceptors (Lipinski definition) is 1. The van der Waals surface area contributed by atoms with Crippen LogP contribution in [0.15, 0.2) is 12.8 Å². The Bertz CT molecular complexity index is 331. The quantitative estimate of drug-likeness (QED) is 0.605. The zero-order valence-corrected chi connectivity index (χ0v) is 7.56. The molecule has 0 saturated heterocycles. The fraction of sp³-hybridized carbons (Fsp3) is 0.300. The summed E-state index contributed by atoms with van der Waals surface area (Å²) in [6.07, 6.45) is 7.05. The second-order valence-corrected chi connectivity index (χ2v) is 3.38. The molecule has 1 heterocycles. The first-order valence-corrected chi connectivity index (χ1v) is 4.49. The third-order valence-corrected chi connectivity index (χ3v) is 2.68. The molecule has 0 bridgehead atoms. The predicted octanol–water partition coefficient (Wildman–Crippen LogP) is 2.87. The van der Waals surface area contributed by atoms with Gasteiger partial charge in [-0.2, -0.15) is 0 Å². The van der Waals surface area contributed by atoms with Gasteiger partial charge in [0.1, 0.15) is 5.15 Å². The second kappa shape index (κ2) is 2.91. The third-order valence-electron chi connectivity index (χ3n) is 2.35. The molecule has 1 aliphatic rings. The maximum Gasteiger partial charge on any atom is 0.132 e. The predicted molar refractivity (Wildman–Crippen MR) is 51.4 cm³/mol. The summed E-state index contributed by atoms with van der Waals surface area (Å²) >= 11 is 5.95. The summed E-state index contributed by atoms with van der Waals surface area (Å²) in [5.74, 6) is 0. The van der Waals surface area contributed by atoms with Gasteiger partial charge in [0.2, 0.25) is 0 Å². The Kier molecular flexibility index (Phi) is 1.89. The largest absolute Gasteiger partial charge is 0.244 e. The molecule has 12 heavy (non-hydrogen) atoms. The lowest BCUT2D eigenvalue weighted by atomic mass is 10.1. The molecule has 1 aromatic rings. The number of fused-ring (bicyclic) bond motifs is 1. The van der Waals surface area contributed by atoms with Crippen molar-refractivity contribution in [2.45, 2.75) is 19.3 Å². The van der Waals surface area contributed by atoms with E-state index >= 15 is 0 Å². The topological polar surface area (TPSA) is 12.9 Å². The van der Waals surface area contributed by atoms with Crippen molar-refractivity contribution in [1.29, 1.82) is 0 Å². The van der Waals surface area contributed by atoms with Crippen LogP contribution in [0.4, 0.5) is 0 Å². The Labute approximate surface area is 77.1 Å². The van der Waals surface area contributed by atoms with Crippen LogP contribution < -0.4 is 0 Å². The van der Waals surface area contributed by atoms with E-state index < -0.39 is 0 Å². The molecule has 2 heteroatoms. The number of aromatic nitrogens is 1. The van der Waals surface area contributed by atoms with E-state index in [-0.39, 0.29) is 0 Å². The van der Waals surface area contributed by atoms with Gasteiger partial charge in [0.05, 0.1) is 0 Å². The van der Waals surface area contributed by atoms with Crippen molar-refractivity contribution in [3.05, 3.63) is 34.6 Å². The molecular weight excluding hydrogens is 170 g/mol. The molecule has 0 unspecified atom stereocenters. The summed E-state index contributed by atoms with van der Waals surface area (Å²) in [6.45, 7) is 3.76. The van der Waals surface area contributed by atoms with Gasteiger partial charge in [-0.1, -0.05) is 24.3 Å². The van der Waals surface area contributed by atoms with E-state index in [0.717, 1.165) is 18.4 Å². The summed E-state index contributed by atoms with van der Waals surface area (Å²) in [7, 11) is 0. The van der Waals surface area contributed by atoms with Crippen molar-refractivity contribution in [3.63, 3.8) is 0 Å². The van der Waals surface area contributed by atoms with Crippen molar-refractivity contribution in [3.8, 4) is 0 Å². The number of halogens is 1. The van der Waals surface area contributed by atoms with E-state index in [4.69, 9.17) is 11.6 Å². The first-order valence-electron chi connectivity index (χ1n) is 4.11. The summed E-state index contributed by atoms with van der Waals surface area (Å²) in [5.41, 5.74) is 3.73. The van der Waals surface area contributed by atoms with Crippen LogP contribution in [0.25, 0.3) is 6.08 Å². The molecule has 0 aliphatic heterocycles. The monoisotopic (exact) mass is 179 g/mol. The van der Waals surface area contributed by atoms with E-state index in [9.17, 15) is 0 Å². The number of pyridine rings is 1.